The van der Waals surface area contributed by atoms with E-state index in [2.05, 4.69) is 26.8 Å². The molecule has 0 radical (unpaired) electrons. The first-order valence-electron chi connectivity index (χ1n) is 4.99. The van der Waals surface area contributed by atoms with E-state index in [1.807, 2.05) is 26.2 Å². The summed E-state index contributed by atoms with van der Waals surface area (Å²) in [5.74, 6) is 0. The number of hydrogen-bond acceptors (Lipinski definition) is 2. The van der Waals surface area contributed by atoms with Crippen molar-refractivity contribution in [3.8, 4) is 0 Å². The topological polar surface area (TPSA) is 17.1 Å². The Balaban J connectivity index is 3.91. The molecule has 0 amide bonds. The lowest BCUT2D eigenvalue weighted by molar-refractivity contribution is -0.117. The molecule has 0 aromatic heterocycles. The highest BCUT2D eigenvalue weighted by atomic mass is 32.2. The lowest BCUT2D eigenvalue weighted by Gasteiger charge is -2.15. The fraction of sp³-hybridized carbons (Fsp3) is 0.750. The van der Waals surface area contributed by atoms with Crippen LogP contribution in [0, 0.1) is 10.8 Å². The summed E-state index contributed by atoms with van der Waals surface area (Å²) in [5, 5.41) is 2.14. The molecule has 0 bridgehead atoms. The lowest BCUT2D eigenvalue weighted by atomic mass is 9.93. The second-order valence-corrected chi connectivity index (χ2v) is 6.67. The predicted octanol–water partition coefficient (Wildman–Crippen LogP) is 4.24. The van der Waals surface area contributed by atoms with Gasteiger partial charge >= 0.3 is 0 Å². The third kappa shape index (κ3) is 7.19. The van der Waals surface area contributed by atoms with Crippen LogP contribution in [0.4, 0.5) is 0 Å². The minimum absolute atomic E-state index is 0.225. The van der Waals surface area contributed by atoms with Crippen LogP contribution in [0.5, 0.6) is 0 Å². The molecule has 0 atom stereocenters. The van der Waals surface area contributed by atoms with Crippen molar-refractivity contribution in [2.24, 2.45) is 10.8 Å². The van der Waals surface area contributed by atoms with E-state index >= 15 is 0 Å². The highest BCUT2D eigenvalue weighted by molar-refractivity contribution is 8.16. The van der Waals surface area contributed by atoms with E-state index in [1.165, 1.54) is 11.8 Å². The molecule has 0 unspecified atom stereocenters. The highest BCUT2D eigenvalue weighted by Gasteiger charge is 2.20. The Morgan fingerprint density at radius 1 is 1.14 bits per heavy atom. The Morgan fingerprint density at radius 3 is 2.00 bits per heavy atom. The Hall–Kier alpha value is -0.240. The van der Waals surface area contributed by atoms with Gasteiger partial charge in [0.05, 0.1) is 0 Å². The van der Waals surface area contributed by atoms with Gasteiger partial charge < -0.3 is 0 Å². The first kappa shape index (κ1) is 13.8. The summed E-state index contributed by atoms with van der Waals surface area (Å²) in [6.45, 7) is 12.4. The second-order valence-electron chi connectivity index (χ2n) is 5.79. The number of carbonyl (C=O) groups excluding carboxylic acids is 1. The summed E-state index contributed by atoms with van der Waals surface area (Å²) in [5.41, 5.74) is 0.0680. The van der Waals surface area contributed by atoms with Crippen molar-refractivity contribution in [1.82, 2.24) is 0 Å². The van der Waals surface area contributed by atoms with E-state index in [0.29, 0.717) is 5.41 Å². The summed E-state index contributed by atoms with van der Waals surface area (Å²) >= 11 is 1.30. The van der Waals surface area contributed by atoms with Crippen LogP contribution in [0.3, 0.4) is 0 Å². The van der Waals surface area contributed by atoms with Crippen LogP contribution < -0.4 is 0 Å². The van der Waals surface area contributed by atoms with E-state index in [1.54, 1.807) is 0 Å². The maximum Gasteiger partial charge on any atom is 0.198 e. The molecule has 0 spiro atoms. The quantitative estimate of drug-likeness (QED) is 0.684. The molecule has 0 rings (SSSR count). The fourth-order valence-electron chi connectivity index (χ4n) is 0.688. The average Bonchev–Trinajstić information content (AvgIpc) is 1.93. The number of hydrogen-bond donors (Lipinski definition) is 0. The van der Waals surface area contributed by atoms with Crippen molar-refractivity contribution in [2.75, 3.05) is 0 Å². The smallest absolute Gasteiger partial charge is 0.198 e. The van der Waals surface area contributed by atoms with E-state index in [0.717, 1.165) is 6.42 Å². The summed E-state index contributed by atoms with van der Waals surface area (Å²) in [4.78, 5) is 11.5. The van der Waals surface area contributed by atoms with Gasteiger partial charge in [-0.1, -0.05) is 59.4 Å². The van der Waals surface area contributed by atoms with Gasteiger partial charge in [-0.2, -0.15) is 0 Å². The third-order valence-electron chi connectivity index (χ3n) is 1.61. The average molecular weight is 214 g/mol. The number of carbonyl (C=O) groups is 1. The number of thioether (sulfide) groups is 1. The largest absolute Gasteiger partial charge is 0.286 e. The molecule has 2 heteroatoms. The van der Waals surface area contributed by atoms with Crippen LogP contribution in [-0.4, -0.2) is 5.12 Å². The third-order valence-corrected chi connectivity index (χ3v) is 2.77. The predicted molar refractivity (Wildman–Crippen MR) is 65.3 cm³/mol. The first-order chi connectivity index (χ1) is 6.13. The molecule has 0 aromatic carbocycles. The number of allylic oxidation sites excluding steroid dienone is 1. The molecule has 0 N–H and O–H groups in total. The second kappa shape index (κ2) is 5.01. The Labute approximate surface area is 92.3 Å². The molecular formula is C12H22OS. The Bertz CT molecular complexity index is 215. The molecule has 0 aliphatic rings. The molecule has 0 aliphatic carbocycles. The molecule has 0 saturated carbocycles. The normalized spacial score (nSPS) is 13.6. The monoisotopic (exact) mass is 214 g/mol. The number of rotatable bonds is 2. The van der Waals surface area contributed by atoms with E-state index in [9.17, 15) is 4.79 Å². The van der Waals surface area contributed by atoms with Gasteiger partial charge in [-0.15, -0.1) is 0 Å². The minimum Gasteiger partial charge on any atom is -0.286 e. The maximum atomic E-state index is 11.5. The van der Waals surface area contributed by atoms with Gasteiger partial charge in [0.1, 0.15) is 0 Å². The van der Waals surface area contributed by atoms with Crippen molar-refractivity contribution in [3.63, 3.8) is 0 Å². The van der Waals surface area contributed by atoms with Crippen molar-refractivity contribution in [2.45, 2.75) is 48.0 Å². The zero-order chi connectivity index (χ0) is 11.4. The highest BCUT2D eigenvalue weighted by Crippen LogP contribution is 2.25. The molecule has 0 aromatic rings. The van der Waals surface area contributed by atoms with Crippen LogP contribution in [0.15, 0.2) is 11.5 Å². The van der Waals surface area contributed by atoms with Gasteiger partial charge in [0, 0.05) is 5.41 Å². The van der Waals surface area contributed by atoms with Crippen LogP contribution in [0.2, 0.25) is 0 Å². The summed E-state index contributed by atoms with van der Waals surface area (Å²) in [7, 11) is 0. The van der Waals surface area contributed by atoms with Crippen molar-refractivity contribution in [3.05, 3.63) is 11.5 Å². The zero-order valence-electron chi connectivity index (χ0n) is 10.2. The summed E-state index contributed by atoms with van der Waals surface area (Å²) in [6.07, 6.45) is 3.09. The lowest BCUT2D eigenvalue weighted by Crippen LogP contribution is -2.15. The van der Waals surface area contributed by atoms with E-state index in [-0.39, 0.29) is 10.5 Å². The molecular weight excluding hydrogens is 192 g/mol. The fourth-order valence-corrected chi connectivity index (χ4v) is 1.36. The minimum atomic E-state index is -0.239. The molecule has 1 nitrogen and oxygen atoms in total. The maximum absolute atomic E-state index is 11.5. The molecule has 0 saturated heterocycles. The van der Waals surface area contributed by atoms with Crippen molar-refractivity contribution >= 4 is 16.9 Å². The Morgan fingerprint density at radius 2 is 1.64 bits per heavy atom. The van der Waals surface area contributed by atoms with E-state index in [4.69, 9.17) is 0 Å². The van der Waals surface area contributed by atoms with Gasteiger partial charge in [0.2, 0.25) is 0 Å². The standard InChI is InChI=1S/C12H22OS/c1-11(2,3)8-7-9-14-10(13)12(4,5)6/h7,9H,8H2,1-6H3/b9-7+. The van der Waals surface area contributed by atoms with E-state index < -0.39 is 0 Å². The van der Waals surface area contributed by atoms with Gasteiger partial charge in [0.15, 0.2) is 5.12 Å². The molecule has 0 fully saturated rings. The summed E-state index contributed by atoms with van der Waals surface area (Å²) < 4.78 is 0. The van der Waals surface area contributed by atoms with Crippen LogP contribution >= 0.6 is 11.8 Å². The van der Waals surface area contributed by atoms with Crippen LogP contribution in [0.1, 0.15) is 48.0 Å². The van der Waals surface area contributed by atoms with Gasteiger partial charge in [-0.05, 0) is 17.2 Å². The van der Waals surface area contributed by atoms with Gasteiger partial charge in [0.25, 0.3) is 0 Å². The molecule has 0 aliphatic heterocycles. The Kier molecular flexibility index (Phi) is 4.93. The van der Waals surface area contributed by atoms with Crippen molar-refractivity contribution in [1.29, 1.82) is 0 Å². The van der Waals surface area contributed by atoms with Crippen LogP contribution in [0.25, 0.3) is 0 Å². The van der Waals surface area contributed by atoms with Crippen LogP contribution in [-0.2, 0) is 4.79 Å². The first-order valence-corrected chi connectivity index (χ1v) is 5.87. The zero-order valence-corrected chi connectivity index (χ0v) is 11.0. The van der Waals surface area contributed by atoms with Crippen molar-refractivity contribution < 1.29 is 4.79 Å². The van der Waals surface area contributed by atoms with Gasteiger partial charge in [-0.3, -0.25) is 4.79 Å². The molecule has 82 valence electrons. The van der Waals surface area contributed by atoms with Gasteiger partial charge in [-0.25, -0.2) is 0 Å². The SMILES string of the molecule is CC(C)(C)C/C=C/SC(=O)C(C)(C)C. The summed E-state index contributed by atoms with van der Waals surface area (Å²) in [6, 6.07) is 0. The molecule has 0 heterocycles. The molecule has 14 heavy (non-hydrogen) atoms.